The van der Waals surface area contributed by atoms with Gasteiger partial charge in [-0.1, -0.05) is 23.4 Å². The molecular formula is C29H24F3N3O3. The number of nitrogens with one attached hydrogen (secondary N) is 1. The molecule has 1 unspecified atom stereocenters. The fourth-order valence-corrected chi connectivity index (χ4v) is 5.48. The Balaban J connectivity index is 1.20. The molecule has 194 valence electrons. The van der Waals surface area contributed by atoms with Crippen LogP contribution in [0, 0.1) is 30.3 Å². The number of aliphatic carboxylic acids is 1. The summed E-state index contributed by atoms with van der Waals surface area (Å²) in [6.45, 7) is 1.72. The zero-order valence-electron chi connectivity index (χ0n) is 20.5. The number of carboxylic acid groups (broad SMARTS) is 1. The van der Waals surface area contributed by atoms with Gasteiger partial charge in [-0.15, -0.1) is 0 Å². The van der Waals surface area contributed by atoms with Crippen molar-refractivity contribution in [3.05, 3.63) is 82.7 Å². The molecule has 3 aromatic carbocycles. The van der Waals surface area contributed by atoms with Crippen LogP contribution in [0.5, 0.6) is 0 Å². The first-order chi connectivity index (χ1) is 18.3. The van der Waals surface area contributed by atoms with Crippen LogP contribution in [0.3, 0.4) is 0 Å². The van der Waals surface area contributed by atoms with Gasteiger partial charge in [0, 0.05) is 34.8 Å². The number of aryl methyl sites for hydroxylation is 2. The normalized spacial score (nSPS) is 20.3. The van der Waals surface area contributed by atoms with E-state index in [2.05, 4.69) is 27.6 Å². The second kappa shape index (κ2) is 9.40. The molecule has 0 bridgehead atoms. The topological polar surface area (TPSA) is 88.2 Å². The second-order valence-corrected chi connectivity index (χ2v) is 10.1. The smallest absolute Gasteiger partial charge is 0.306 e. The number of benzene rings is 3. The summed E-state index contributed by atoms with van der Waals surface area (Å²) in [4.78, 5) is 15.6. The van der Waals surface area contributed by atoms with E-state index in [9.17, 15) is 18.0 Å². The molecular weight excluding hydrogens is 495 g/mol. The molecule has 0 saturated heterocycles. The number of nitrogens with zero attached hydrogens (tertiary/aromatic N) is 2. The van der Waals surface area contributed by atoms with Gasteiger partial charge < -0.3 is 14.9 Å². The Morgan fingerprint density at radius 1 is 1.03 bits per heavy atom. The maximum Gasteiger partial charge on any atom is 0.306 e. The van der Waals surface area contributed by atoms with Gasteiger partial charge in [0.2, 0.25) is 5.82 Å². The summed E-state index contributed by atoms with van der Waals surface area (Å²) >= 11 is 0. The zero-order valence-corrected chi connectivity index (χ0v) is 20.5. The number of fused-ring (bicyclic) bond motifs is 1. The number of carbonyl (C=O) groups is 1. The van der Waals surface area contributed by atoms with Crippen LogP contribution in [-0.4, -0.2) is 27.3 Å². The van der Waals surface area contributed by atoms with Crippen LogP contribution in [0.4, 0.5) is 13.2 Å². The van der Waals surface area contributed by atoms with E-state index in [4.69, 9.17) is 9.63 Å². The molecule has 6 nitrogen and oxygen atoms in total. The lowest BCUT2D eigenvalue weighted by molar-refractivity contribution is -0.145. The van der Waals surface area contributed by atoms with Crippen molar-refractivity contribution < 1.29 is 27.6 Å². The Morgan fingerprint density at radius 2 is 1.82 bits per heavy atom. The van der Waals surface area contributed by atoms with Crippen molar-refractivity contribution in [2.24, 2.45) is 5.92 Å². The molecule has 1 atom stereocenters. The SMILES string of the molecule is Cc1cc(-c2nc(-c3ccc4c(c3)CCC4NC3CC(C(=O)O)C3)no2)ccc1-c1cc(F)cc(F)c1F. The Bertz CT molecular complexity index is 1560. The van der Waals surface area contributed by atoms with Gasteiger partial charge in [0.15, 0.2) is 11.6 Å². The van der Waals surface area contributed by atoms with Gasteiger partial charge in [-0.2, -0.15) is 4.98 Å². The van der Waals surface area contributed by atoms with E-state index in [1.807, 2.05) is 6.07 Å². The van der Waals surface area contributed by atoms with Crippen LogP contribution in [0.2, 0.25) is 0 Å². The molecule has 0 radical (unpaired) electrons. The third kappa shape index (κ3) is 4.36. The summed E-state index contributed by atoms with van der Waals surface area (Å²) < 4.78 is 47.2. The highest BCUT2D eigenvalue weighted by molar-refractivity contribution is 5.72. The number of hydrogen-bond donors (Lipinski definition) is 2. The lowest BCUT2D eigenvalue weighted by Gasteiger charge is -2.35. The minimum Gasteiger partial charge on any atom is -0.481 e. The highest BCUT2D eigenvalue weighted by Gasteiger charge is 2.36. The van der Waals surface area contributed by atoms with Crippen molar-refractivity contribution >= 4 is 5.97 Å². The maximum atomic E-state index is 14.3. The largest absolute Gasteiger partial charge is 0.481 e. The summed E-state index contributed by atoms with van der Waals surface area (Å²) in [6, 6.07) is 12.9. The van der Waals surface area contributed by atoms with Gasteiger partial charge in [0.05, 0.1) is 5.92 Å². The average Bonchev–Trinajstić information content (AvgIpc) is 3.50. The van der Waals surface area contributed by atoms with Gasteiger partial charge in [0.25, 0.3) is 5.89 Å². The molecule has 0 aliphatic heterocycles. The third-order valence-electron chi connectivity index (χ3n) is 7.59. The minimum atomic E-state index is -1.24. The lowest BCUT2D eigenvalue weighted by atomic mass is 9.80. The number of hydrogen-bond acceptors (Lipinski definition) is 5. The average molecular weight is 520 g/mol. The highest BCUT2D eigenvalue weighted by Crippen LogP contribution is 2.38. The zero-order chi connectivity index (χ0) is 26.6. The first kappa shape index (κ1) is 24.4. The van der Waals surface area contributed by atoms with E-state index in [1.165, 1.54) is 11.1 Å². The predicted molar refractivity (Wildman–Crippen MR) is 134 cm³/mol. The second-order valence-electron chi connectivity index (χ2n) is 10.1. The fraction of sp³-hybridized carbons (Fsp3) is 0.276. The van der Waals surface area contributed by atoms with E-state index in [1.54, 1.807) is 25.1 Å². The monoisotopic (exact) mass is 519 g/mol. The van der Waals surface area contributed by atoms with Crippen molar-refractivity contribution in [1.29, 1.82) is 0 Å². The fourth-order valence-electron chi connectivity index (χ4n) is 5.48. The van der Waals surface area contributed by atoms with Gasteiger partial charge in [0.1, 0.15) is 5.82 Å². The molecule has 9 heteroatoms. The summed E-state index contributed by atoms with van der Waals surface area (Å²) in [5.41, 5.74) is 4.65. The van der Waals surface area contributed by atoms with Crippen molar-refractivity contribution in [2.45, 2.75) is 44.7 Å². The number of rotatable bonds is 6. The summed E-state index contributed by atoms with van der Waals surface area (Å²) in [7, 11) is 0. The molecule has 38 heavy (non-hydrogen) atoms. The van der Waals surface area contributed by atoms with E-state index >= 15 is 0 Å². The molecule has 0 spiro atoms. The first-order valence-corrected chi connectivity index (χ1v) is 12.5. The van der Waals surface area contributed by atoms with Crippen LogP contribution in [-0.2, 0) is 11.2 Å². The van der Waals surface area contributed by atoms with Crippen LogP contribution < -0.4 is 5.32 Å². The Kier molecular flexibility index (Phi) is 6.03. The minimum absolute atomic E-state index is 0.150. The van der Waals surface area contributed by atoms with E-state index < -0.39 is 23.4 Å². The van der Waals surface area contributed by atoms with Crippen LogP contribution >= 0.6 is 0 Å². The van der Waals surface area contributed by atoms with Crippen molar-refractivity contribution in [3.63, 3.8) is 0 Å². The van der Waals surface area contributed by atoms with Crippen LogP contribution in [0.15, 0.2) is 53.1 Å². The van der Waals surface area contributed by atoms with E-state index in [-0.39, 0.29) is 29.5 Å². The van der Waals surface area contributed by atoms with Crippen molar-refractivity contribution in [2.75, 3.05) is 0 Å². The molecule has 2 N–H and O–H groups in total. The lowest BCUT2D eigenvalue weighted by Crippen LogP contribution is -2.45. The Labute approximate surface area is 216 Å². The molecule has 1 fully saturated rings. The first-order valence-electron chi connectivity index (χ1n) is 12.5. The molecule has 4 aromatic rings. The molecule has 1 heterocycles. The molecule has 2 aliphatic rings. The molecule has 1 saturated carbocycles. The predicted octanol–water partition coefficient (Wildman–Crippen LogP) is 6.24. The van der Waals surface area contributed by atoms with Crippen molar-refractivity contribution in [3.8, 4) is 34.0 Å². The van der Waals surface area contributed by atoms with E-state index in [0.29, 0.717) is 41.4 Å². The molecule has 1 aromatic heterocycles. The standard InChI is InChI=1S/C29H24F3N3O3/c1-14-8-17(3-5-21(14)23-12-19(30)13-24(31)26(23)32)28-34-27(35-38-28)16-2-6-22-15(9-16)4-7-25(22)33-20-10-18(11-20)29(36)37/h2-3,5-6,8-9,12-13,18,20,25,33H,4,7,10-11H2,1H3,(H,36,37). The van der Waals surface area contributed by atoms with Gasteiger partial charge in [-0.3, -0.25) is 4.79 Å². The number of aromatic nitrogens is 2. The van der Waals surface area contributed by atoms with Crippen LogP contribution in [0.25, 0.3) is 34.0 Å². The van der Waals surface area contributed by atoms with E-state index in [0.717, 1.165) is 24.5 Å². The molecule has 0 amide bonds. The number of carboxylic acids is 1. The molecule has 2 aliphatic carbocycles. The van der Waals surface area contributed by atoms with Crippen molar-refractivity contribution in [1.82, 2.24) is 15.5 Å². The third-order valence-corrected chi connectivity index (χ3v) is 7.59. The summed E-state index contributed by atoms with van der Waals surface area (Å²) in [5, 5.41) is 16.8. The Morgan fingerprint density at radius 3 is 2.58 bits per heavy atom. The summed E-state index contributed by atoms with van der Waals surface area (Å²) in [6.07, 6.45) is 3.18. The van der Waals surface area contributed by atoms with Gasteiger partial charge in [-0.05, 0) is 79.1 Å². The molecule has 6 rings (SSSR count). The van der Waals surface area contributed by atoms with Gasteiger partial charge >= 0.3 is 5.97 Å². The quantitative estimate of drug-likeness (QED) is 0.294. The summed E-state index contributed by atoms with van der Waals surface area (Å²) in [5.74, 6) is -3.45. The number of halogens is 3. The van der Waals surface area contributed by atoms with Crippen LogP contribution in [0.1, 0.15) is 42.0 Å². The maximum absolute atomic E-state index is 14.3. The van der Waals surface area contributed by atoms with Gasteiger partial charge in [-0.25, -0.2) is 13.2 Å². The highest BCUT2D eigenvalue weighted by atomic mass is 19.2. The Hall–Kier alpha value is -3.98.